The molecule has 1 aliphatic heterocycles. The third-order valence-electron chi connectivity index (χ3n) is 2.11. The van der Waals surface area contributed by atoms with Crippen LogP contribution in [-0.2, 0) is 9.57 Å². The molecule has 4 nitrogen and oxygen atoms in total. The number of carbonyl (C=O) groups is 1. The van der Waals surface area contributed by atoms with Crippen molar-refractivity contribution < 1.29 is 14.4 Å². The normalized spacial score (nSPS) is 18.8. The van der Waals surface area contributed by atoms with Crippen molar-refractivity contribution in [3.63, 3.8) is 0 Å². The lowest BCUT2D eigenvalue weighted by atomic mass is 10.2. The van der Waals surface area contributed by atoms with E-state index in [-0.39, 0.29) is 18.7 Å². The maximum atomic E-state index is 11.6. The molecular weight excluding hydrogens is 274 g/mol. The summed E-state index contributed by atoms with van der Waals surface area (Å²) in [6, 6.07) is 8.86. The molecule has 0 aromatic heterocycles. The molecule has 0 saturated heterocycles. The Labute approximate surface area is 101 Å². The van der Waals surface area contributed by atoms with E-state index in [9.17, 15) is 4.79 Å². The average Bonchev–Trinajstić information content (AvgIpc) is 2.73. The van der Waals surface area contributed by atoms with Gasteiger partial charge in [0.15, 0.2) is 6.10 Å². The molecule has 0 spiro atoms. The van der Waals surface area contributed by atoms with Crippen molar-refractivity contribution in [1.82, 2.24) is 0 Å². The summed E-state index contributed by atoms with van der Waals surface area (Å²) in [7, 11) is 0. The van der Waals surface area contributed by atoms with Gasteiger partial charge in [-0.2, -0.15) is 0 Å². The fourth-order valence-electron chi connectivity index (χ4n) is 1.31. The van der Waals surface area contributed by atoms with Gasteiger partial charge in [0.2, 0.25) is 0 Å². The van der Waals surface area contributed by atoms with E-state index in [0.717, 1.165) is 4.62 Å². The Kier molecular flexibility index (Phi) is 3.56. The molecular formula is C11H10BrNO3. The maximum Gasteiger partial charge on any atom is 0.338 e. The van der Waals surface area contributed by atoms with Crippen LogP contribution in [0, 0.1) is 0 Å². The second-order valence-electron chi connectivity index (χ2n) is 3.36. The molecule has 0 saturated carbocycles. The molecule has 5 heteroatoms. The lowest BCUT2D eigenvalue weighted by Gasteiger charge is -2.08. The number of benzene rings is 1. The molecule has 1 heterocycles. The van der Waals surface area contributed by atoms with Crippen LogP contribution in [0.3, 0.4) is 0 Å². The van der Waals surface area contributed by atoms with Gasteiger partial charge >= 0.3 is 5.97 Å². The van der Waals surface area contributed by atoms with Gasteiger partial charge in [0.25, 0.3) is 0 Å². The van der Waals surface area contributed by atoms with E-state index in [2.05, 4.69) is 21.1 Å². The summed E-state index contributed by atoms with van der Waals surface area (Å²) >= 11 is 3.22. The first-order valence-corrected chi connectivity index (χ1v) is 5.65. The maximum absolute atomic E-state index is 11.6. The summed E-state index contributed by atoms with van der Waals surface area (Å²) in [5.74, 6) is -0.341. The van der Waals surface area contributed by atoms with Crippen LogP contribution in [0.1, 0.15) is 16.8 Å². The summed E-state index contributed by atoms with van der Waals surface area (Å²) in [6.07, 6.45) is 0.462. The van der Waals surface area contributed by atoms with E-state index < -0.39 is 0 Å². The quantitative estimate of drug-likeness (QED) is 0.800. The van der Waals surface area contributed by atoms with Gasteiger partial charge in [0.05, 0.1) is 5.56 Å². The Balaban J connectivity index is 1.81. The number of oxime groups is 1. The summed E-state index contributed by atoms with van der Waals surface area (Å²) < 4.78 is 5.85. The van der Waals surface area contributed by atoms with Crippen LogP contribution in [0.15, 0.2) is 35.5 Å². The van der Waals surface area contributed by atoms with Crippen LogP contribution in [0.4, 0.5) is 0 Å². The van der Waals surface area contributed by atoms with Crippen molar-refractivity contribution in [2.45, 2.75) is 12.5 Å². The molecule has 0 fully saturated rings. The van der Waals surface area contributed by atoms with Crippen LogP contribution < -0.4 is 0 Å². The highest BCUT2D eigenvalue weighted by Gasteiger charge is 2.21. The van der Waals surface area contributed by atoms with E-state index in [1.807, 2.05) is 6.07 Å². The Morgan fingerprint density at radius 1 is 1.50 bits per heavy atom. The van der Waals surface area contributed by atoms with Crippen molar-refractivity contribution in [2.24, 2.45) is 5.16 Å². The third kappa shape index (κ3) is 2.82. The van der Waals surface area contributed by atoms with Gasteiger partial charge in [-0.3, -0.25) is 0 Å². The second kappa shape index (κ2) is 5.12. The molecule has 0 N–H and O–H groups in total. The molecule has 2 rings (SSSR count). The highest BCUT2D eigenvalue weighted by Crippen LogP contribution is 2.14. The van der Waals surface area contributed by atoms with Crippen LogP contribution in [0.25, 0.3) is 0 Å². The monoisotopic (exact) mass is 283 g/mol. The Hall–Kier alpha value is -1.36. The van der Waals surface area contributed by atoms with E-state index in [4.69, 9.17) is 9.57 Å². The highest BCUT2D eigenvalue weighted by molar-refractivity contribution is 9.18. The first-order chi connectivity index (χ1) is 7.75. The molecule has 1 atom stereocenters. The van der Waals surface area contributed by atoms with Crippen LogP contribution in [-0.4, -0.2) is 23.3 Å². The van der Waals surface area contributed by atoms with Gasteiger partial charge in [-0.15, -0.1) is 0 Å². The molecule has 0 aliphatic carbocycles. The van der Waals surface area contributed by atoms with E-state index in [1.54, 1.807) is 24.3 Å². The predicted octanol–water partition coefficient (Wildman–Crippen LogP) is 2.34. The number of hydrogen-bond donors (Lipinski definition) is 0. The number of carbonyl (C=O) groups excluding carboxylic acids is 1. The third-order valence-corrected chi connectivity index (χ3v) is 2.58. The zero-order chi connectivity index (χ0) is 11.4. The second-order valence-corrected chi connectivity index (χ2v) is 4.28. The number of esters is 1. The first kappa shape index (κ1) is 11.1. The molecule has 16 heavy (non-hydrogen) atoms. The van der Waals surface area contributed by atoms with E-state index in [1.165, 1.54) is 0 Å². The van der Waals surface area contributed by atoms with Gasteiger partial charge in [-0.1, -0.05) is 23.4 Å². The fraction of sp³-hybridized carbons (Fsp3) is 0.273. The summed E-state index contributed by atoms with van der Waals surface area (Å²) in [6.45, 7) is 0.215. The van der Waals surface area contributed by atoms with Crippen molar-refractivity contribution in [1.29, 1.82) is 0 Å². The summed E-state index contributed by atoms with van der Waals surface area (Å²) in [5, 5.41) is 3.71. The molecule has 1 aromatic rings. The zero-order valence-electron chi connectivity index (χ0n) is 8.43. The molecule has 0 bridgehead atoms. The largest absolute Gasteiger partial charge is 0.458 e. The topological polar surface area (TPSA) is 47.9 Å². The van der Waals surface area contributed by atoms with Gasteiger partial charge in [0, 0.05) is 6.42 Å². The smallest absolute Gasteiger partial charge is 0.338 e. The molecule has 1 unspecified atom stereocenters. The number of ether oxygens (including phenoxy) is 1. The van der Waals surface area contributed by atoms with E-state index in [0.29, 0.717) is 12.0 Å². The highest BCUT2D eigenvalue weighted by atomic mass is 79.9. The summed E-state index contributed by atoms with van der Waals surface area (Å²) in [4.78, 5) is 16.6. The van der Waals surface area contributed by atoms with Crippen LogP contribution in [0.2, 0.25) is 0 Å². The lowest BCUT2D eigenvalue weighted by Crippen LogP contribution is -2.18. The fourth-order valence-corrected chi connectivity index (χ4v) is 1.75. The van der Waals surface area contributed by atoms with Crippen LogP contribution >= 0.6 is 15.9 Å². The molecule has 1 aliphatic rings. The molecule has 0 radical (unpaired) electrons. The van der Waals surface area contributed by atoms with Gasteiger partial charge in [-0.25, -0.2) is 4.79 Å². The number of halogens is 1. The SMILES string of the molecule is O=C(OCC1CC(Br)=NO1)c1ccccc1. The van der Waals surface area contributed by atoms with Crippen molar-refractivity contribution in [3.8, 4) is 0 Å². The standard InChI is InChI=1S/C11H10BrNO3/c12-10-6-9(16-13-10)7-15-11(14)8-4-2-1-3-5-8/h1-5,9H,6-7H2. The van der Waals surface area contributed by atoms with E-state index >= 15 is 0 Å². The molecule has 0 amide bonds. The first-order valence-electron chi connectivity index (χ1n) is 4.86. The van der Waals surface area contributed by atoms with Crippen molar-refractivity contribution >= 4 is 26.5 Å². The number of hydrogen-bond acceptors (Lipinski definition) is 4. The van der Waals surface area contributed by atoms with Crippen molar-refractivity contribution in [3.05, 3.63) is 35.9 Å². The van der Waals surface area contributed by atoms with Crippen molar-refractivity contribution in [2.75, 3.05) is 6.61 Å². The average molecular weight is 284 g/mol. The minimum atomic E-state index is -0.341. The minimum Gasteiger partial charge on any atom is -0.458 e. The van der Waals surface area contributed by atoms with Gasteiger partial charge < -0.3 is 9.57 Å². The Morgan fingerprint density at radius 2 is 2.25 bits per heavy atom. The predicted molar refractivity (Wildman–Crippen MR) is 62.6 cm³/mol. The number of rotatable bonds is 3. The Morgan fingerprint density at radius 3 is 2.88 bits per heavy atom. The minimum absolute atomic E-state index is 0.179. The summed E-state index contributed by atoms with van der Waals surface area (Å²) in [5.41, 5.74) is 0.542. The van der Waals surface area contributed by atoms with Crippen LogP contribution in [0.5, 0.6) is 0 Å². The number of nitrogens with zero attached hydrogens (tertiary/aromatic N) is 1. The molecule has 1 aromatic carbocycles. The Bertz CT molecular complexity index is 405. The zero-order valence-corrected chi connectivity index (χ0v) is 10.0. The lowest BCUT2D eigenvalue weighted by molar-refractivity contribution is 0.00686. The molecule has 84 valence electrons. The van der Waals surface area contributed by atoms with Gasteiger partial charge in [-0.05, 0) is 28.1 Å². The van der Waals surface area contributed by atoms with Gasteiger partial charge in [0.1, 0.15) is 11.2 Å².